The number of hydrogen-bond donors (Lipinski definition) is 6. The number of aromatic nitrogens is 1. The number of nitrogens with zero attached hydrogens (tertiary/aromatic N) is 1. The van der Waals surface area contributed by atoms with Crippen LogP contribution in [0.2, 0.25) is 0 Å². The van der Waals surface area contributed by atoms with Crippen molar-refractivity contribution in [1.29, 1.82) is 0 Å². The van der Waals surface area contributed by atoms with Crippen LogP contribution in [-0.2, 0) is 30.5 Å². The van der Waals surface area contributed by atoms with Crippen molar-refractivity contribution in [2.45, 2.75) is 85.5 Å². The second-order valence-electron chi connectivity index (χ2n) is 13.0. The van der Waals surface area contributed by atoms with Gasteiger partial charge in [0.15, 0.2) is 5.13 Å². The number of amides is 5. The third-order valence-corrected chi connectivity index (χ3v) is 6.93. The summed E-state index contributed by atoms with van der Waals surface area (Å²) in [5.41, 5.74) is -0.248. The summed E-state index contributed by atoms with van der Waals surface area (Å²) in [6, 6.07) is 6.00. The molecule has 2 rings (SSSR count). The van der Waals surface area contributed by atoms with Gasteiger partial charge in [0.05, 0.1) is 13.0 Å². The van der Waals surface area contributed by atoms with Gasteiger partial charge in [-0.25, -0.2) is 14.6 Å². The summed E-state index contributed by atoms with van der Waals surface area (Å²) in [4.78, 5) is 79.4. The highest BCUT2D eigenvalue weighted by atomic mass is 32.1. The summed E-state index contributed by atoms with van der Waals surface area (Å²) in [5.74, 6) is -4.95. The third kappa shape index (κ3) is 14.1. The topological polar surface area (TPSA) is 205 Å². The predicted octanol–water partition coefficient (Wildman–Crippen LogP) is 3.05. The van der Waals surface area contributed by atoms with Gasteiger partial charge in [0, 0.05) is 11.9 Å². The summed E-state index contributed by atoms with van der Waals surface area (Å²) in [5, 5.41) is 23.8. The number of benzene rings is 1. The van der Waals surface area contributed by atoms with E-state index < -0.39 is 72.3 Å². The largest absolute Gasteiger partial charge is 0.480 e. The average Bonchev–Trinajstić information content (AvgIpc) is 3.39. The monoisotopic (exact) mass is 660 g/mol. The molecule has 0 radical (unpaired) electrons. The molecule has 2 aromatic rings. The minimum atomic E-state index is -1.48. The zero-order chi connectivity index (χ0) is 34.7. The number of carbonyl (C=O) groups excluding carboxylic acids is 5. The molecule has 2 unspecified atom stereocenters. The van der Waals surface area contributed by atoms with Crippen molar-refractivity contribution in [3.63, 3.8) is 0 Å². The molecule has 3 atom stereocenters. The van der Waals surface area contributed by atoms with Crippen LogP contribution in [0.15, 0.2) is 35.7 Å². The van der Waals surface area contributed by atoms with Crippen molar-refractivity contribution >= 4 is 52.2 Å². The Hall–Kier alpha value is -4.53. The number of urea groups is 1. The maximum absolute atomic E-state index is 13.2. The number of hydrogen-bond acceptors (Lipinski definition) is 9. The molecule has 0 saturated heterocycles. The molecular weight excluding hydrogens is 616 g/mol. The number of nitrogens with one attached hydrogen (secondary N) is 5. The van der Waals surface area contributed by atoms with Gasteiger partial charge in [-0.3, -0.25) is 24.5 Å². The Labute approximate surface area is 272 Å². The van der Waals surface area contributed by atoms with E-state index in [1.165, 1.54) is 5.38 Å². The van der Waals surface area contributed by atoms with Gasteiger partial charge in [-0.1, -0.05) is 58.0 Å². The minimum absolute atomic E-state index is 0.0589. The van der Waals surface area contributed by atoms with E-state index in [4.69, 9.17) is 4.74 Å². The van der Waals surface area contributed by atoms with Gasteiger partial charge in [0.25, 0.3) is 5.91 Å². The first-order chi connectivity index (χ1) is 21.3. The quantitative estimate of drug-likeness (QED) is 0.165. The first-order valence-corrected chi connectivity index (χ1v) is 15.6. The summed E-state index contributed by atoms with van der Waals surface area (Å²) >= 11 is 1.00. The molecule has 1 aromatic carbocycles. The van der Waals surface area contributed by atoms with E-state index in [2.05, 4.69) is 31.6 Å². The maximum atomic E-state index is 13.2. The molecule has 14 nitrogen and oxygen atoms in total. The summed E-state index contributed by atoms with van der Waals surface area (Å²) in [6.45, 7) is 12.1. The number of aliphatic carboxylic acids is 1. The van der Waals surface area contributed by atoms with Crippen LogP contribution in [-0.4, -0.2) is 70.0 Å². The number of thiazole rings is 1. The van der Waals surface area contributed by atoms with Crippen molar-refractivity contribution in [1.82, 2.24) is 26.3 Å². The van der Waals surface area contributed by atoms with Crippen molar-refractivity contribution < 1.29 is 38.6 Å². The Morgan fingerprint density at radius 1 is 0.957 bits per heavy atom. The Bertz CT molecular complexity index is 1380. The second kappa shape index (κ2) is 16.7. The molecule has 0 spiro atoms. The number of ether oxygens (including phenoxy) is 1. The number of rotatable bonds is 14. The lowest BCUT2D eigenvalue weighted by molar-refractivity contribution is -0.156. The highest BCUT2D eigenvalue weighted by Crippen LogP contribution is 2.26. The Kier molecular flexibility index (Phi) is 13.7. The molecule has 46 heavy (non-hydrogen) atoms. The number of carbonyl (C=O) groups is 6. The van der Waals surface area contributed by atoms with Crippen LogP contribution in [0.4, 0.5) is 9.93 Å². The van der Waals surface area contributed by atoms with Crippen LogP contribution in [0.5, 0.6) is 0 Å². The smallest absolute Gasteiger partial charge is 0.326 e. The van der Waals surface area contributed by atoms with E-state index in [9.17, 15) is 33.9 Å². The van der Waals surface area contributed by atoms with Gasteiger partial charge < -0.3 is 31.1 Å². The predicted molar refractivity (Wildman–Crippen MR) is 172 cm³/mol. The molecule has 1 heterocycles. The van der Waals surface area contributed by atoms with Gasteiger partial charge >= 0.3 is 18.0 Å². The molecule has 15 heteroatoms. The summed E-state index contributed by atoms with van der Waals surface area (Å²) in [7, 11) is 0. The lowest BCUT2D eigenvalue weighted by atomic mass is 9.82. The van der Waals surface area contributed by atoms with Crippen LogP contribution in [0, 0.1) is 11.3 Å². The van der Waals surface area contributed by atoms with Gasteiger partial charge in [-0.2, -0.15) is 0 Å². The fourth-order valence-corrected chi connectivity index (χ4v) is 5.08. The minimum Gasteiger partial charge on any atom is -0.480 e. The number of esters is 1. The molecule has 5 amide bonds. The van der Waals surface area contributed by atoms with E-state index in [0.29, 0.717) is 13.0 Å². The van der Waals surface area contributed by atoms with Crippen molar-refractivity contribution in [2.75, 3.05) is 11.9 Å². The highest BCUT2D eigenvalue weighted by Gasteiger charge is 2.34. The van der Waals surface area contributed by atoms with E-state index in [1.54, 1.807) is 27.7 Å². The molecule has 0 fully saturated rings. The molecule has 0 bridgehead atoms. The van der Waals surface area contributed by atoms with Crippen LogP contribution in [0.25, 0.3) is 0 Å². The van der Waals surface area contributed by atoms with Crippen LogP contribution in [0.3, 0.4) is 0 Å². The van der Waals surface area contributed by atoms with Crippen LogP contribution >= 0.6 is 11.3 Å². The highest BCUT2D eigenvalue weighted by molar-refractivity contribution is 7.14. The average molecular weight is 661 g/mol. The van der Waals surface area contributed by atoms with Crippen molar-refractivity contribution in [2.24, 2.45) is 11.3 Å². The second-order valence-corrected chi connectivity index (χ2v) is 13.8. The van der Waals surface area contributed by atoms with Gasteiger partial charge in [0.2, 0.25) is 11.8 Å². The fourth-order valence-electron chi connectivity index (χ4n) is 4.40. The number of anilines is 1. The van der Waals surface area contributed by atoms with Crippen molar-refractivity contribution in [3.05, 3.63) is 47.0 Å². The van der Waals surface area contributed by atoms with Crippen molar-refractivity contribution in [3.8, 4) is 0 Å². The Morgan fingerprint density at radius 3 is 2.20 bits per heavy atom. The van der Waals surface area contributed by atoms with E-state index >= 15 is 0 Å². The number of carboxylic acid groups (broad SMARTS) is 1. The normalized spacial score (nSPS) is 13.4. The first kappa shape index (κ1) is 37.7. The molecule has 252 valence electrons. The molecule has 0 aliphatic carbocycles. The maximum Gasteiger partial charge on any atom is 0.326 e. The van der Waals surface area contributed by atoms with Gasteiger partial charge in [-0.15, -0.1) is 11.3 Å². The molecular formula is C31H44N6O8S. The fraction of sp³-hybridized carbons (Fsp3) is 0.516. The van der Waals surface area contributed by atoms with Gasteiger partial charge in [0.1, 0.15) is 23.4 Å². The summed E-state index contributed by atoms with van der Waals surface area (Å²) in [6.07, 6.45) is -0.0954. The molecule has 0 aliphatic heterocycles. The molecule has 0 saturated carbocycles. The zero-order valence-corrected chi connectivity index (χ0v) is 28.0. The molecule has 6 N–H and O–H groups in total. The van der Waals surface area contributed by atoms with Gasteiger partial charge in [-0.05, 0) is 44.1 Å². The van der Waals surface area contributed by atoms with E-state index in [0.717, 1.165) is 16.9 Å². The first-order valence-electron chi connectivity index (χ1n) is 14.7. The Morgan fingerprint density at radius 2 is 1.61 bits per heavy atom. The van der Waals surface area contributed by atoms with Crippen LogP contribution < -0.4 is 26.6 Å². The van der Waals surface area contributed by atoms with Crippen LogP contribution in [0.1, 0.15) is 77.4 Å². The Balaban J connectivity index is 2.01. The van der Waals surface area contributed by atoms with E-state index in [1.807, 2.05) is 51.1 Å². The third-order valence-electron chi connectivity index (χ3n) is 6.17. The molecule has 1 aromatic heterocycles. The van der Waals surface area contributed by atoms with E-state index in [-0.39, 0.29) is 16.2 Å². The lowest BCUT2D eigenvalue weighted by Crippen LogP contribution is -2.55. The zero-order valence-electron chi connectivity index (χ0n) is 27.2. The number of carboxylic acids is 1. The summed E-state index contributed by atoms with van der Waals surface area (Å²) < 4.78 is 5.29. The standard InChI is InChI=1S/C31H44N6O8S/c1-18(14-30(2,3)4)24(27(42)43)36-26(41)20(13-23(39)45-31(5,6)7)34-22(38)16-32-25(40)21-17-46-29(35-21)37-28(44)33-15-19-11-9-8-10-12-19/h8-12,17-18,20,24H,13-16H2,1-7H3,(H,32,40)(H,34,38)(H,36,41)(H,42,43)(H2,33,35,37,44)/t18?,20-,24?/m0/s1. The lowest BCUT2D eigenvalue weighted by Gasteiger charge is -2.29. The SMILES string of the molecule is CC(CC(C)(C)C)C(NC(=O)[C@H](CC(=O)OC(C)(C)C)NC(=O)CNC(=O)c1csc(NC(=O)NCc2ccccc2)n1)C(=O)O. The molecule has 0 aliphatic rings.